The van der Waals surface area contributed by atoms with Gasteiger partial charge in [0.15, 0.2) is 0 Å². The number of carboxylic acid groups (broad SMARTS) is 1. The molecule has 2 fully saturated rings. The van der Waals surface area contributed by atoms with Gasteiger partial charge in [0, 0.05) is 31.7 Å². The van der Waals surface area contributed by atoms with Crippen LogP contribution in [-0.2, 0) is 16.1 Å². The molecule has 0 aromatic carbocycles. The predicted molar refractivity (Wildman–Crippen MR) is 138 cm³/mol. The summed E-state index contributed by atoms with van der Waals surface area (Å²) in [5, 5.41) is 18.8. The average molecular weight is 503 g/mol. The Bertz CT molecular complexity index is 1130. The molecule has 0 radical (unpaired) electrons. The lowest BCUT2D eigenvalue weighted by molar-refractivity contribution is -0.137. The molecule has 182 valence electrons. The van der Waals surface area contributed by atoms with Gasteiger partial charge in [0.05, 0.1) is 11.3 Å². The number of nitrogens with zero attached hydrogens (tertiary/aromatic N) is 4. The highest BCUT2D eigenvalue weighted by Gasteiger charge is 2.33. The summed E-state index contributed by atoms with van der Waals surface area (Å²) in [6.45, 7) is 8.10. The fourth-order valence-electron chi connectivity index (χ4n) is 4.26. The summed E-state index contributed by atoms with van der Waals surface area (Å²) in [5.41, 5.74) is 1.01. The van der Waals surface area contributed by atoms with E-state index in [0.717, 1.165) is 56.4 Å². The molecule has 0 saturated carbocycles. The Labute approximate surface area is 209 Å². The molecule has 0 aliphatic carbocycles. The van der Waals surface area contributed by atoms with Crippen molar-refractivity contribution in [3.63, 3.8) is 0 Å². The molecule has 2 aliphatic rings. The number of aromatic nitrogens is 1. The fourth-order valence-corrected chi connectivity index (χ4v) is 5.55. The van der Waals surface area contributed by atoms with E-state index in [2.05, 4.69) is 24.8 Å². The van der Waals surface area contributed by atoms with Crippen molar-refractivity contribution in [3.8, 4) is 6.07 Å². The van der Waals surface area contributed by atoms with E-state index >= 15 is 0 Å². The van der Waals surface area contributed by atoms with Gasteiger partial charge < -0.3 is 10.0 Å². The van der Waals surface area contributed by atoms with Gasteiger partial charge in [-0.25, -0.2) is 0 Å². The number of unbranched alkanes of at least 4 members (excludes halogenated alkanes) is 1. The van der Waals surface area contributed by atoms with Crippen LogP contribution in [0.15, 0.2) is 9.70 Å². The highest BCUT2D eigenvalue weighted by molar-refractivity contribution is 8.26. The Hall–Kier alpha value is -2.64. The average Bonchev–Trinajstić information content (AvgIpc) is 3.06. The van der Waals surface area contributed by atoms with E-state index in [1.54, 1.807) is 17.6 Å². The molecule has 0 unspecified atom stereocenters. The summed E-state index contributed by atoms with van der Waals surface area (Å²) in [7, 11) is 0. The lowest BCUT2D eigenvalue weighted by Crippen LogP contribution is -2.39. The Morgan fingerprint density at radius 3 is 2.56 bits per heavy atom. The van der Waals surface area contributed by atoms with Crippen LogP contribution in [0.25, 0.3) is 6.08 Å². The standard InChI is InChI=1S/C24H30N4O4S2/c1-4-5-9-27-21(26-10-6-15(2)7-11-26)17(16(3)18(14-25)22(27)31)13-19-23(32)28(24(33)34-19)12-8-20(29)30/h13,15H,4-12H2,1-3H3,(H,29,30)/b19-13-. The first-order valence-corrected chi connectivity index (χ1v) is 12.8. The Morgan fingerprint density at radius 1 is 1.29 bits per heavy atom. The number of hydrogen-bond acceptors (Lipinski definition) is 7. The van der Waals surface area contributed by atoms with Crippen LogP contribution in [0.1, 0.15) is 62.6 Å². The first kappa shape index (κ1) is 26.0. The molecule has 1 N–H and O–H groups in total. The van der Waals surface area contributed by atoms with Crippen LogP contribution in [0.5, 0.6) is 0 Å². The van der Waals surface area contributed by atoms with Gasteiger partial charge >= 0.3 is 5.97 Å². The number of amides is 1. The highest BCUT2D eigenvalue weighted by atomic mass is 32.2. The molecule has 1 aromatic heterocycles. The minimum atomic E-state index is -1.00. The quantitative estimate of drug-likeness (QED) is 0.423. The number of anilines is 1. The number of hydrogen-bond donors (Lipinski definition) is 1. The second-order valence-electron chi connectivity index (χ2n) is 8.81. The second kappa shape index (κ2) is 11.2. The Morgan fingerprint density at radius 2 is 1.97 bits per heavy atom. The van der Waals surface area contributed by atoms with Gasteiger partial charge in [-0.1, -0.05) is 44.2 Å². The Balaban J connectivity index is 2.16. The van der Waals surface area contributed by atoms with Gasteiger partial charge in [-0.2, -0.15) is 5.26 Å². The number of pyridine rings is 1. The smallest absolute Gasteiger partial charge is 0.305 e. The second-order valence-corrected chi connectivity index (χ2v) is 10.5. The lowest BCUT2D eigenvalue weighted by Gasteiger charge is -2.35. The summed E-state index contributed by atoms with van der Waals surface area (Å²) in [6.07, 6.45) is 5.22. The van der Waals surface area contributed by atoms with Crippen LogP contribution < -0.4 is 10.5 Å². The highest BCUT2D eigenvalue weighted by Crippen LogP contribution is 2.36. The van der Waals surface area contributed by atoms with Crippen molar-refractivity contribution in [1.82, 2.24) is 9.47 Å². The lowest BCUT2D eigenvalue weighted by atomic mass is 9.97. The predicted octanol–water partition coefficient (Wildman–Crippen LogP) is 3.74. The molecule has 0 atom stereocenters. The van der Waals surface area contributed by atoms with Crippen molar-refractivity contribution >= 4 is 52.1 Å². The van der Waals surface area contributed by atoms with Crippen LogP contribution in [0.2, 0.25) is 0 Å². The van der Waals surface area contributed by atoms with Crippen LogP contribution >= 0.6 is 24.0 Å². The minimum Gasteiger partial charge on any atom is -0.481 e. The number of rotatable bonds is 8. The van der Waals surface area contributed by atoms with Crippen molar-refractivity contribution in [2.75, 3.05) is 24.5 Å². The zero-order valence-corrected chi connectivity index (χ0v) is 21.4. The number of aliphatic carboxylic acids is 1. The summed E-state index contributed by atoms with van der Waals surface area (Å²) < 4.78 is 2.01. The number of thiocarbonyl (C=S) groups is 1. The van der Waals surface area contributed by atoms with Crippen LogP contribution in [-0.4, -0.2) is 50.4 Å². The summed E-state index contributed by atoms with van der Waals surface area (Å²) >= 11 is 6.46. The SMILES string of the molecule is CCCCn1c(N2CCC(C)CC2)c(/C=C2\SC(=S)N(CCC(=O)O)C2=O)c(C)c(C#N)c1=O. The molecule has 0 spiro atoms. The summed E-state index contributed by atoms with van der Waals surface area (Å²) in [4.78, 5) is 41.2. The van der Waals surface area contributed by atoms with Gasteiger partial charge in [-0.15, -0.1) is 0 Å². The molecule has 0 bridgehead atoms. The number of nitriles is 1. The number of thioether (sulfide) groups is 1. The van der Waals surface area contributed by atoms with Crippen LogP contribution in [0, 0.1) is 24.2 Å². The number of carboxylic acids is 1. The molecule has 2 saturated heterocycles. The van der Waals surface area contributed by atoms with Crippen molar-refractivity contribution < 1.29 is 14.7 Å². The van der Waals surface area contributed by atoms with Crippen LogP contribution in [0.4, 0.5) is 5.82 Å². The van der Waals surface area contributed by atoms with E-state index in [9.17, 15) is 19.6 Å². The third kappa shape index (κ3) is 5.36. The van der Waals surface area contributed by atoms with Crippen molar-refractivity contribution in [2.24, 2.45) is 5.92 Å². The molecule has 34 heavy (non-hydrogen) atoms. The normalized spacial score (nSPS) is 18.1. The number of carbonyl (C=O) groups is 2. The fraction of sp³-hybridized carbons (Fsp3) is 0.542. The van der Waals surface area contributed by atoms with E-state index in [4.69, 9.17) is 17.3 Å². The van der Waals surface area contributed by atoms with E-state index in [1.807, 2.05) is 0 Å². The zero-order chi connectivity index (χ0) is 25.0. The van der Waals surface area contributed by atoms with E-state index in [1.165, 1.54) is 4.90 Å². The maximum absolute atomic E-state index is 13.3. The molecule has 10 heteroatoms. The minimum absolute atomic E-state index is 0.00658. The molecule has 2 aliphatic heterocycles. The largest absolute Gasteiger partial charge is 0.481 e. The molecule has 1 amide bonds. The number of piperidine rings is 1. The third-order valence-corrected chi connectivity index (χ3v) is 7.74. The van der Waals surface area contributed by atoms with Gasteiger partial charge in [-0.05, 0) is 43.7 Å². The summed E-state index contributed by atoms with van der Waals surface area (Å²) in [6, 6.07) is 2.07. The monoisotopic (exact) mass is 502 g/mol. The van der Waals surface area contributed by atoms with Crippen molar-refractivity contribution in [1.29, 1.82) is 5.26 Å². The van der Waals surface area contributed by atoms with Crippen molar-refractivity contribution in [3.05, 3.63) is 31.9 Å². The molecular formula is C24H30N4O4S2. The van der Waals surface area contributed by atoms with E-state index in [0.29, 0.717) is 32.8 Å². The van der Waals surface area contributed by atoms with Gasteiger partial charge in [0.2, 0.25) is 0 Å². The van der Waals surface area contributed by atoms with Crippen LogP contribution in [0.3, 0.4) is 0 Å². The number of carbonyl (C=O) groups excluding carboxylic acids is 1. The van der Waals surface area contributed by atoms with Gasteiger partial charge in [-0.3, -0.25) is 23.9 Å². The van der Waals surface area contributed by atoms with Gasteiger partial charge in [0.25, 0.3) is 11.5 Å². The van der Waals surface area contributed by atoms with E-state index < -0.39 is 5.97 Å². The maximum atomic E-state index is 13.3. The maximum Gasteiger partial charge on any atom is 0.305 e. The molecule has 3 rings (SSSR count). The van der Waals surface area contributed by atoms with E-state index in [-0.39, 0.29) is 30.0 Å². The molecule has 8 nitrogen and oxygen atoms in total. The molecule has 1 aromatic rings. The summed E-state index contributed by atoms with van der Waals surface area (Å²) in [5.74, 6) is -0.00559. The Kier molecular flexibility index (Phi) is 8.55. The van der Waals surface area contributed by atoms with Gasteiger partial charge in [0.1, 0.15) is 21.8 Å². The first-order valence-electron chi connectivity index (χ1n) is 11.6. The third-order valence-electron chi connectivity index (χ3n) is 6.36. The van der Waals surface area contributed by atoms with Crippen molar-refractivity contribution in [2.45, 2.75) is 59.4 Å². The zero-order valence-electron chi connectivity index (χ0n) is 19.8. The molecule has 3 heterocycles. The first-order chi connectivity index (χ1) is 16.2. The molecular weight excluding hydrogens is 472 g/mol. The topological polar surface area (TPSA) is 107 Å².